The van der Waals surface area contributed by atoms with Gasteiger partial charge < -0.3 is 4.74 Å². The van der Waals surface area contributed by atoms with Crippen LogP contribution in [0.1, 0.15) is 56.7 Å². The van der Waals surface area contributed by atoms with Gasteiger partial charge >= 0.3 is 5.97 Å². The molecule has 176 valence electrons. The van der Waals surface area contributed by atoms with E-state index in [2.05, 4.69) is 41.4 Å². The number of carbonyl (C=O) groups is 1. The minimum absolute atomic E-state index is 0.0262. The van der Waals surface area contributed by atoms with Crippen LogP contribution in [0, 0.1) is 18.8 Å². The van der Waals surface area contributed by atoms with Gasteiger partial charge in [-0.2, -0.15) is 4.91 Å². The molecule has 5 nitrogen and oxygen atoms in total. The van der Waals surface area contributed by atoms with Gasteiger partial charge in [-0.1, -0.05) is 65.8 Å². The predicted molar refractivity (Wildman–Crippen MR) is 138 cm³/mol. The highest BCUT2D eigenvalue weighted by molar-refractivity contribution is 5.90. The van der Waals surface area contributed by atoms with Crippen LogP contribution in [0.3, 0.4) is 0 Å². The van der Waals surface area contributed by atoms with Crippen LogP contribution in [-0.4, -0.2) is 18.1 Å². The Morgan fingerprint density at radius 2 is 1.66 bits per heavy atom. The van der Waals surface area contributed by atoms with Crippen molar-refractivity contribution in [2.24, 2.45) is 5.18 Å². The number of benzene rings is 3. The zero-order chi connectivity index (χ0) is 24.8. The Morgan fingerprint density at radius 3 is 2.34 bits per heavy atom. The molecule has 4 aromatic rings. The Balaban J connectivity index is 1.73. The van der Waals surface area contributed by atoms with Crippen molar-refractivity contribution in [3.05, 3.63) is 130 Å². The van der Waals surface area contributed by atoms with Crippen LogP contribution >= 0.6 is 0 Å². The first-order valence-corrected chi connectivity index (χ1v) is 11.6. The highest BCUT2D eigenvalue weighted by Crippen LogP contribution is 2.38. The third-order valence-electron chi connectivity index (χ3n) is 6.38. The average molecular weight is 465 g/mol. The highest BCUT2D eigenvalue weighted by Gasteiger charge is 2.24. The summed E-state index contributed by atoms with van der Waals surface area (Å²) in [6, 6.07) is 27.3. The van der Waals surface area contributed by atoms with Gasteiger partial charge in [0.25, 0.3) is 0 Å². The first-order chi connectivity index (χ1) is 17.0. The van der Waals surface area contributed by atoms with Crippen LogP contribution in [0.5, 0.6) is 0 Å². The number of hydrogen-bond donors (Lipinski definition) is 0. The summed E-state index contributed by atoms with van der Waals surface area (Å²) in [5, 5.41) is 3.51. The van der Waals surface area contributed by atoms with Crippen LogP contribution in [0.25, 0.3) is 11.1 Å². The van der Waals surface area contributed by atoms with E-state index in [1.165, 1.54) is 18.2 Å². The molecule has 1 heterocycles. The molecule has 0 saturated heterocycles. The fraction of sp³-hybridized carbons (Fsp3) is 0.200. The van der Waals surface area contributed by atoms with Gasteiger partial charge in [0, 0.05) is 17.8 Å². The number of methoxy groups -OCH3 is 1. The van der Waals surface area contributed by atoms with Gasteiger partial charge in [0.05, 0.1) is 12.7 Å². The number of pyridine rings is 1. The van der Waals surface area contributed by atoms with Gasteiger partial charge in [0.1, 0.15) is 6.04 Å². The van der Waals surface area contributed by atoms with Crippen molar-refractivity contribution in [2.75, 3.05) is 7.11 Å². The molecular weight excluding hydrogens is 436 g/mol. The summed E-state index contributed by atoms with van der Waals surface area (Å²) < 4.78 is 4.81. The van der Waals surface area contributed by atoms with Crippen LogP contribution in [-0.2, 0) is 4.74 Å². The number of nitroso groups, excluding NO2 is 1. The summed E-state index contributed by atoms with van der Waals surface area (Å²) in [5.74, 6) is -0.384. The van der Waals surface area contributed by atoms with E-state index in [4.69, 9.17) is 4.74 Å². The van der Waals surface area contributed by atoms with E-state index in [1.54, 1.807) is 18.3 Å². The van der Waals surface area contributed by atoms with E-state index in [0.29, 0.717) is 12.0 Å². The molecule has 4 rings (SSSR count). The molecule has 2 unspecified atom stereocenters. The topological polar surface area (TPSA) is 68.6 Å². The van der Waals surface area contributed by atoms with Gasteiger partial charge in [0.15, 0.2) is 0 Å². The molecule has 0 saturated carbocycles. The molecule has 0 spiro atoms. The molecule has 0 radical (unpaired) electrons. The number of carbonyl (C=O) groups excluding carboxylic acids is 1. The van der Waals surface area contributed by atoms with E-state index < -0.39 is 6.04 Å². The molecule has 0 fully saturated rings. The van der Waals surface area contributed by atoms with Crippen molar-refractivity contribution >= 4 is 5.97 Å². The van der Waals surface area contributed by atoms with Crippen LogP contribution in [0.15, 0.2) is 96.3 Å². The van der Waals surface area contributed by atoms with Crippen molar-refractivity contribution in [3.63, 3.8) is 0 Å². The van der Waals surface area contributed by atoms with E-state index in [1.807, 2.05) is 55.5 Å². The van der Waals surface area contributed by atoms with E-state index in [9.17, 15) is 9.70 Å². The van der Waals surface area contributed by atoms with Crippen molar-refractivity contribution in [2.45, 2.75) is 32.2 Å². The zero-order valence-electron chi connectivity index (χ0n) is 20.1. The lowest BCUT2D eigenvalue weighted by atomic mass is 9.82. The number of esters is 1. The summed E-state index contributed by atoms with van der Waals surface area (Å²) >= 11 is 0. The molecule has 1 aromatic heterocycles. The first-order valence-electron chi connectivity index (χ1n) is 11.6. The normalized spacial score (nSPS) is 12.5. The molecule has 35 heavy (non-hydrogen) atoms. The Bertz CT molecular complexity index is 1330. The third-order valence-corrected chi connectivity index (χ3v) is 6.38. The lowest BCUT2D eigenvalue weighted by Gasteiger charge is -2.23. The summed E-state index contributed by atoms with van der Waals surface area (Å²) in [7, 11) is 1.38. The number of ether oxygens (including phenoxy) is 1. The molecule has 3 aromatic carbocycles. The maximum absolute atomic E-state index is 12.0. The fourth-order valence-electron chi connectivity index (χ4n) is 4.51. The molecule has 0 aliphatic carbocycles. The van der Waals surface area contributed by atoms with Gasteiger partial charge in [-0.05, 0) is 77.9 Å². The van der Waals surface area contributed by atoms with Gasteiger partial charge in [-0.3, -0.25) is 4.98 Å². The van der Waals surface area contributed by atoms with Gasteiger partial charge in [0.2, 0.25) is 0 Å². The summed E-state index contributed by atoms with van der Waals surface area (Å²) in [6.07, 6.45) is 2.27. The molecule has 5 heteroatoms. The Hall–Kier alpha value is -4.12. The number of rotatable bonds is 8. The molecule has 2 atom stereocenters. The van der Waals surface area contributed by atoms with Gasteiger partial charge in [-0.25, -0.2) is 4.79 Å². The van der Waals surface area contributed by atoms with E-state index in [0.717, 1.165) is 27.9 Å². The number of aromatic nitrogens is 1. The van der Waals surface area contributed by atoms with Crippen molar-refractivity contribution in [3.8, 4) is 11.1 Å². The van der Waals surface area contributed by atoms with Crippen molar-refractivity contribution in [1.82, 2.24) is 4.98 Å². The maximum atomic E-state index is 12.0. The molecular formula is C30H28N2O3. The van der Waals surface area contributed by atoms with Crippen molar-refractivity contribution in [1.29, 1.82) is 0 Å². The zero-order valence-corrected chi connectivity index (χ0v) is 20.1. The second-order valence-electron chi connectivity index (χ2n) is 8.69. The molecule has 0 aliphatic heterocycles. The highest BCUT2D eigenvalue weighted by atomic mass is 16.5. The monoisotopic (exact) mass is 464 g/mol. The number of aryl methyl sites for hydroxylation is 2. The minimum Gasteiger partial charge on any atom is -0.465 e. The second kappa shape index (κ2) is 10.9. The third kappa shape index (κ3) is 5.52. The minimum atomic E-state index is -0.496. The molecule has 0 bridgehead atoms. The SMILES string of the molecule is COC(=O)c1ccc(-c2cccc(C(CC(N=O)c3ccnc(C)c3)c3ccccc3C)c2)cc1. The largest absolute Gasteiger partial charge is 0.465 e. The second-order valence-corrected chi connectivity index (χ2v) is 8.69. The van der Waals surface area contributed by atoms with E-state index in [-0.39, 0.29) is 11.9 Å². The number of nitrogens with zero attached hydrogens (tertiary/aromatic N) is 2. The van der Waals surface area contributed by atoms with Gasteiger partial charge in [-0.15, -0.1) is 0 Å². The predicted octanol–water partition coefficient (Wildman–Crippen LogP) is 7.18. The van der Waals surface area contributed by atoms with E-state index >= 15 is 0 Å². The lowest BCUT2D eigenvalue weighted by molar-refractivity contribution is 0.0600. The smallest absolute Gasteiger partial charge is 0.337 e. The molecule has 0 aliphatic rings. The van der Waals surface area contributed by atoms with Crippen LogP contribution < -0.4 is 0 Å². The maximum Gasteiger partial charge on any atom is 0.337 e. The fourth-order valence-corrected chi connectivity index (χ4v) is 4.51. The standard InChI is InChI=1S/C30H28N2O3/c1-20-7-4-5-10-27(20)28(19-29(32-34)26-15-16-31-21(2)17-26)25-9-6-8-24(18-25)22-11-13-23(14-12-22)30(33)35-3/h4-18,28-29H,19H2,1-3H3. The average Bonchev–Trinajstić information content (AvgIpc) is 2.90. The first kappa shape index (κ1) is 24.0. The Labute approximate surface area is 205 Å². The summed E-state index contributed by atoms with van der Waals surface area (Å²) in [5.41, 5.74) is 7.73. The van der Waals surface area contributed by atoms with Crippen LogP contribution in [0.2, 0.25) is 0 Å². The Morgan fingerprint density at radius 1 is 0.886 bits per heavy atom. The molecule has 0 N–H and O–H groups in total. The number of hydrogen-bond acceptors (Lipinski definition) is 5. The van der Waals surface area contributed by atoms with Crippen molar-refractivity contribution < 1.29 is 9.53 Å². The van der Waals surface area contributed by atoms with Crippen LogP contribution in [0.4, 0.5) is 0 Å². The Kier molecular flexibility index (Phi) is 7.46. The quantitative estimate of drug-likeness (QED) is 0.205. The summed E-state index contributed by atoms with van der Waals surface area (Å²) in [6.45, 7) is 4.01. The lowest BCUT2D eigenvalue weighted by Crippen LogP contribution is -2.09. The summed E-state index contributed by atoms with van der Waals surface area (Å²) in [4.78, 5) is 28.1. The molecule has 0 amide bonds.